The molecule has 1 saturated heterocycles. The van der Waals surface area contributed by atoms with Crippen molar-refractivity contribution in [1.82, 2.24) is 0 Å². The van der Waals surface area contributed by atoms with Crippen LogP contribution in [0.1, 0.15) is 38.7 Å². The van der Waals surface area contributed by atoms with Gasteiger partial charge in [0.05, 0.1) is 0 Å². The number of rotatable bonds is 2. The van der Waals surface area contributed by atoms with Crippen LogP contribution in [0.2, 0.25) is 0 Å². The van der Waals surface area contributed by atoms with Crippen molar-refractivity contribution < 1.29 is 9.47 Å². The quantitative estimate of drug-likeness (QED) is 0.592. The Hall–Kier alpha value is -4.21. The van der Waals surface area contributed by atoms with Gasteiger partial charge in [0.1, 0.15) is 52.4 Å². The van der Waals surface area contributed by atoms with Crippen LogP contribution in [0.5, 0.6) is 5.75 Å². The third-order valence-electron chi connectivity index (χ3n) is 5.71. The van der Waals surface area contributed by atoms with Crippen molar-refractivity contribution in [3.8, 4) is 24.0 Å². The lowest BCUT2D eigenvalue weighted by Crippen LogP contribution is -2.29. The highest BCUT2D eigenvalue weighted by Crippen LogP contribution is 2.39. The second-order valence-electron chi connectivity index (χ2n) is 7.93. The average molecular weight is 422 g/mol. The van der Waals surface area contributed by atoms with E-state index >= 15 is 0 Å². The molecule has 1 fully saturated rings. The molecule has 3 heterocycles. The van der Waals surface area contributed by atoms with Crippen LogP contribution in [0, 0.1) is 34.0 Å². The van der Waals surface area contributed by atoms with Crippen LogP contribution in [0.15, 0.2) is 70.4 Å². The van der Waals surface area contributed by atoms with Gasteiger partial charge in [0.25, 0.3) is 0 Å². The standard InChI is InChI=1S/C26H22N4O2/c1-17-10-24(23(16-29)25-12-19(11-18(2)31-25)20(14-27)15-28)32-26-13-21(6-7-22(17)26)30-8-4-3-5-9-30/h6-7,10-13H,3-5,8-9H2,1-2H3/b24-23+. The van der Waals surface area contributed by atoms with E-state index in [0.29, 0.717) is 22.8 Å². The monoisotopic (exact) mass is 422 g/mol. The van der Waals surface area contributed by atoms with Gasteiger partial charge in [-0.05, 0) is 69.0 Å². The summed E-state index contributed by atoms with van der Waals surface area (Å²) in [5.41, 5.74) is 3.65. The number of nitriles is 3. The summed E-state index contributed by atoms with van der Waals surface area (Å²) in [5, 5.41) is 28.4. The Morgan fingerprint density at radius 1 is 0.906 bits per heavy atom. The minimum absolute atomic E-state index is 0.0414. The van der Waals surface area contributed by atoms with E-state index < -0.39 is 0 Å². The molecule has 0 spiro atoms. The molecule has 158 valence electrons. The van der Waals surface area contributed by atoms with Crippen molar-refractivity contribution >= 4 is 11.3 Å². The molecule has 0 unspecified atom stereocenters. The number of piperidine rings is 1. The second-order valence-corrected chi connectivity index (χ2v) is 7.93. The lowest BCUT2D eigenvalue weighted by molar-refractivity contribution is 0.309. The third kappa shape index (κ3) is 4.02. The number of anilines is 1. The fourth-order valence-electron chi connectivity index (χ4n) is 4.10. The van der Waals surface area contributed by atoms with E-state index in [4.69, 9.17) is 9.47 Å². The van der Waals surface area contributed by atoms with Crippen LogP contribution < -0.4 is 9.64 Å². The summed E-state index contributed by atoms with van der Waals surface area (Å²) in [6.45, 7) is 5.75. The largest absolute Gasteiger partial charge is 0.460 e. The van der Waals surface area contributed by atoms with Gasteiger partial charge in [-0.3, -0.25) is 0 Å². The molecule has 0 atom stereocenters. The number of fused-ring (bicyclic) bond motifs is 1. The first-order valence-corrected chi connectivity index (χ1v) is 10.6. The summed E-state index contributed by atoms with van der Waals surface area (Å²) in [6.07, 6.45) is 8.58. The highest BCUT2D eigenvalue weighted by Gasteiger charge is 2.24. The fourth-order valence-corrected chi connectivity index (χ4v) is 4.10. The summed E-state index contributed by atoms with van der Waals surface area (Å²) in [5.74, 6) is 1.81. The van der Waals surface area contributed by atoms with Crippen LogP contribution >= 0.6 is 0 Å². The highest BCUT2D eigenvalue weighted by atomic mass is 16.5. The fraction of sp³-hybridized carbons (Fsp3) is 0.269. The van der Waals surface area contributed by atoms with Crippen LogP contribution in [0.4, 0.5) is 5.69 Å². The van der Waals surface area contributed by atoms with Crippen molar-refractivity contribution in [2.24, 2.45) is 0 Å². The lowest BCUT2D eigenvalue weighted by atomic mass is 9.99. The Morgan fingerprint density at radius 2 is 1.66 bits per heavy atom. The summed E-state index contributed by atoms with van der Waals surface area (Å²) in [7, 11) is 0. The van der Waals surface area contributed by atoms with Crippen molar-refractivity contribution in [2.45, 2.75) is 33.1 Å². The molecule has 1 aromatic rings. The molecule has 0 aliphatic carbocycles. The molecule has 0 bridgehead atoms. The SMILES string of the molecule is CC1=CC(=C(C#N)C#N)C=C(/C(C#N)=C2\C=C(C)c3ccc(N4CCCCC4)cc3O2)O1. The van der Waals surface area contributed by atoms with Gasteiger partial charge in [-0.15, -0.1) is 0 Å². The maximum atomic E-state index is 9.94. The van der Waals surface area contributed by atoms with Crippen LogP contribution in [-0.2, 0) is 4.74 Å². The van der Waals surface area contributed by atoms with Crippen LogP contribution in [0.3, 0.4) is 0 Å². The second kappa shape index (κ2) is 8.88. The van der Waals surface area contributed by atoms with E-state index in [1.165, 1.54) is 25.3 Å². The van der Waals surface area contributed by atoms with Gasteiger partial charge in [-0.1, -0.05) is 0 Å². The highest BCUT2D eigenvalue weighted by molar-refractivity contribution is 5.77. The lowest BCUT2D eigenvalue weighted by Gasteiger charge is -2.30. The maximum absolute atomic E-state index is 9.94. The zero-order valence-electron chi connectivity index (χ0n) is 18.1. The molecule has 0 aromatic heterocycles. The van der Waals surface area contributed by atoms with E-state index in [2.05, 4.69) is 23.1 Å². The summed E-state index contributed by atoms with van der Waals surface area (Å²) < 4.78 is 12.0. The summed E-state index contributed by atoms with van der Waals surface area (Å²) >= 11 is 0. The topological polar surface area (TPSA) is 93.1 Å². The first kappa shape index (κ1) is 21.0. The Kier molecular flexibility index (Phi) is 5.84. The van der Waals surface area contributed by atoms with Crippen molar-refractivity contribution in [3.63, 3.8) is 0 Å². The van der Waals surface area contributed by atoms with Gasteiger partial charge in [0.15, 0.2) is 0 Å². The van der Waals surface area contributed by atoms with E-state index in [1.54, 1.807) is 13.0 Å². The first-order chi connectivity index (χ1) is 15.5. The van der Waals surface area contributed by atoms with Gasteiger partial charge >= 0.3 is 0 Å². The van der Waals surface area contributed by atoms with Gasteiger partial charge in [-0.25, -0.2) is 0 Å². The normalized spacial score (nSPS) is 18.9. The zero-order valence-corrected chi connectivity index (χ0v) is 18.1. The third-order valence-corrected chi connectivity index (χ3v) is 5.71. The maximum Gasteiger partial charge on any atom is 0.149 e. The van der Waals surface area contributed by atoms with E-state index in [9.17, 15) is 15.8 Å². The number of nitrogens with zero attached hydrogens (tertiary/aromatic N) is 4. The molecule has 0 N–H and O–H groups in total. The molecule has 4 rings (SSSR count). The molecule has 3 aliphatic rings. The molecular weight excluding hydrogens is 400 g/mol. The first-order valence-electron chi connectivity index (χ1n) is 10.6. The van der Waals surface area contributed by atoms with Gasteiger partial charge in [0, 0.05) is 36.0 Å². The predicted molar refractivity (Wildman–Crippen MR) is 121 cm³/mol. The Labute approximate surface area is 187 Å². The van der Waals surface area contributed by atoms with E-state index in [0.717, 1.165) is 29.9 Å². The molecule has 1 aromatic carbocycles. The van der Waals surface area contributed by atoms with Gasteiger partial charge < -0.3 is 14.4 Å². The smallest absolute Gasteiger partial charge is 0.149 e. The molecular formula is C26H22N4O2. The van der Waals surface area contributed by atoms with Crippen molar-refractivity contribution in [1.29, 1.82) is 15.8 Å². The molecule has 0 radical (unpaired) electrons. The Balaban J connectivity index is 1.75. The molecule has 6 nitrogen and oxygen atoms in total. The van der Waals surface area contributed by atoms with Gasteiger partial charge in [-0.2, -0.15) is 15.8 Å². The zero-order chi connectivity index (χ0) is 22.7. The molecule has 32 heavy (non-hydrogen) atoms. The number of ether oxygens (including phenoxy) is 2. The van der Waals surface area contributed by atoms with Crippen LogP contribution in [0.25, 0.3) is 5.57 Å². The summed E-state index contributed by atoms with van der Waals surface area (Å²) in [4.78, 5) is 2.36. The van der Waals surface area contributed by atoms with E-state index in [1.807, 2.05) is 31.2 Å². The molecule has 3 aliphatic heterocycles. The predicted octanol–water partition coefficient (Wildman–Crippen LogP) is 5.41. The molecule has 6 heteroatoms. The summed E-state index contributed by atoms with van der Waals surface area (Å²) in [6, 6.07) is 12.2. The minimum atomic E-state index is -0.0414. The van der Waals surface area contributed by atoms with Gasteiger partial charge in [0.2, 0.25) is 0 Å². The minimum Gasteiger partial charge on any atom is -0.460 e. The van der Waals surface area contributed by atoms with Crippen molar-refractivity contribution in [3.05, 3.63) is 76.0 Å². The average Bonchev–Trinajstić information content (AvgIpc) is 2.80. The number of hydrogen-bond donors (Lipinski definition) is 0. The number of allylic oxidation sites excluding steroid dienone is 8. The number of benzene rings is 1. The van der Waals surface area contributed by atoms with Crippen LogP contribution in [-0.4, -0.2) is 13.1 Å². The van der Waals surface area contributed by atoms with E-state index in [-0.39, 0.29) is 16.9 Å². The molecule has 0 saturated carbocycles. The molecule has 0 amide bonds. The van der Waals surface area contributed by atoms with Crippen molar-refractivity contribution in [2.75, 3.05) is 18.0 Å². The number of hydrogen-bond acceptors (Lipinski definition) is 6. The Morgan fingerprint density at radius 3 is 2.34 bits per heavy atom. The Bertz CT molecular complexity index is 1230.